The minimum atomic E-state index is -0.623. The number of para-hydroxylation sites is 2. The average Bonchev–Trinajstić information content (AvgIpc) is 3.87. The fourth-order valence-corrected chi connectivity index (χ4v) is 13.1. The second kappa shape index (κ2) is 14.3. The van der Waals surface area contributed by atoms with Gasteiger partial charge in [0, 0.05) is 64.8 Å². The maximum absolute atomic E-state index is 6.82. The number of fused-ring (bicyclic) bond motifs is 15. The van der Waals surface area contributed by atoms with Crippen molar-refractivity contribution in [1.29, 1.82) is 0 Å². The van der Waals surface area contributed by atoms with E-state index in [-0.39, 0.29) is 5.41 Å². The molecule has 14 rings (SSSR count). The first-order valence-corrected chi connectivity index (χ1v) is 24.0. The van der Waals surface area contributed by atoms with Crippen molar-refractivity contribution in [3.63, 3.8) is 0 Å². The van der Waals surface area contributed by atoms with Gasteiger partial charge in [0.25, 0.3) is 0 Å². The van der Waals surface area contributed by atoms with Crippen molar-refractivity contribution in [1.82, 2.24) is 0 Å². The molecular formula is C62H40ClNO2S. The topological polar surface area (TPSA) is 25.6 Å². The summed E-state index contributed by atoms with van der Waals surface area (Å²) in [7, 11) is 0. The highest BCUT2D eigenvalue weighted by Crippen LogP contribution is 2.63. The van der Waals surface area contributed by atoms with Crippen LogP contribution in [0.1, 0.15) is 47.2 Å². The van der Waals surface area contributed by atoms with Crippen LogP contribution in [0.15, 0.2) is 220 Å². The van der Waals surface area contributed by atoms with Crippen LogP contribution in [-0.2, 0) is 10.8 Å². The first-order chi connectivity index (χ1) is 32.8. The van der Waals surface area contributed by atoms with Gasteiger partial charge in [-0.2, -0.15) is 0 Å². The third-order valence-corrected chi connectivity index (χ3v) is 16.0. The van der Waals surface area contributed by atoms with Crippen molar-refractivity contribution in [3.05, 3.63) is 245 Å². The highest BCUT2D eigenvalue weighted by molar-refractivity contribution is 7.99. The van der Waals surface area contributed by atoms with E-state index in [4.69, 9.17) is 20.8 Å². The van der Waals surface area contributed by atoms with Crippen molar-refractivity contribution < 1.29 is 9.15 Å². The molecule has 1 atom stereocenters. The minimum absolute atomic E-state index is 0.226. The van der Waals surface area contributed by atoms with Crippen LogP contribution in [0.2, 0.25) is 5.02 Å². The predicted molar refractivity (Wildman–Crippen MR) is 276 cm³/mol. The van der Waals surface area contributed by atoms with E-state index >= 15 is 0 Å². The molecule has 0 saturated heterocycles. The van der Waals surface area contributed by atoms with Crippen molar-refractivity contribution in [2.45, 2.75) is 34.5 Å². The predicted octanol–water partition coefficient (Wildman–Crippen LogP) is 17.8. The number of ether oxygens (including phenoxy) is 1. The van der Waals surface area contributed by atoms with E-state index in [0.717, 1.165) is 72.8 Å². The van der Waals surface area contributed by atoms with Crippen LogP contribution in [0.3, 0.4) is 0 Å². The van der Waals surface area contributed by atoms with Gasteiger partial charge in [0.2, 0.25) is 0 Å². The summed E-state index contributed by atoms with van der Waals surface area (Å²) in [6, 6.07) is 74.9. The molecule has 10 aromatic carbocycles. The zero-order valence-electron chi connectivity index (χ0n) is 36.7. The van der Waals surface area contributed by atoms with Gasteiger partial charge in [-0.1, -0.05) is 165 Å². The smallest absolute Gasteiger partial charge is 0.143 e. The van der Waals surface area contributed by atoms with Crippen LogP contribution in [0.5, 0.6) is 11.5 Å². The first-order valence-electron chi connectivity index (χ1n) is 22.8. The van der Waals surface area contributed by atoms with E-state index in [2.05, 4.69) is 207 Å². The Kier molecular flexibility index (Phi) is 8.24. The van der Waals surface area contributed by atoms with Gasteiger partial charge in [-0.15, -0.1) is 0 Å². The Morgan fingerprint density at radius 3 is 2.03 bits per heavy atom. The summed E-state index contributed by atoms with van der Waals surface area (Å²) in [6.07, 6.45) is 0. The molecule has 1 aliphatic carbocycles. The maximum Gasteiger partial charge on any atom is 0.143 e. The van der Waals surface area contributed by atoms with Gasteiger partial charge in [0.1, 0.15) is 22.7 Å². The zero-order chi connectivity index (χ0) is 44.6. The van der Waals surface area contributed by atoms with Gasteiger partial charge in [-0.05, 0) is 129 Å². The molecule has 318 valence electrons. The van der Waals surface area contributed by atoms with Crippen LogP contribution in [-0.4, -0.2) is 0 Å². The Morgan fingerprint density at radius 2 is 1.12 bits per heavy atom. The Balaban J connectivity index is 1.05. The van der Waals surface area contributed by atoms with Crippen LogP contribution in [0, 0.1) is 0 Å². The Labute approximate surface area is 397 Å². The quantitative estimate of drug-likeness (QED) is 0.176. The molecule has 3 heterocycles. The van der Waals surface area contributed by atoms with Gasteiger partial charge in [0.15, 0.2) is 0 Å². The third-order valence-electron chi connectivity index (χ3n) is 14.6. The van der Waals surface area contributed by atoms with Crippen molar-refractivity contribution in [2.24, 2.45) is 0 Å². The molecule has 1 aromatic heterocycles. The highest BCUT2D eigenvalue weighted by atomic mass is 35.5. The zero-order valence-corrected chi connectivity index (χ0v) is 38.3. The lowest BCUT2D eigenvalue weighted by Crippen LogP contribution is -2.32. The molecule has 0 N–H and O–H groups in total. The molecule has 2 aliphatic heterocycles. The van der Waals surface area contributed by atoms with Crippen molar-refractivity contribution in [2.75, 3.05) is 4.90 Å². The molecule has 0 bridgehead atoms. The molecule has 67 heavy (non-hydrogen) atoms. The molecule has 0 saturated carbocycles. The van der Waals surface area contributed by atoms with Crippen LogP contribution >= 0.6 is 23.4 Å². The van der Waals surface area contributed by atoms with Gasteiger partial charge in [-0.25, -0.2) is 0 Å². The van der Waals surface area contributed by atoms with Gasteiger partial charge < -0.3 is 14.1 Å². The fraction of sp³-hybridized carbons (Fsp3) is 0.0645. The number of furan rings is 1. The number of rotatable bonds is 4. The lowest BCUT2D eigenvalue weighted by molar-refractivity contribution is 0.436. The summed E-state index contributed by atoms with van der Waals surface area (Å²) >= 11 is 8.57. The SMILES string of the molecule is CC1(C)c2ccccc2Sc2ccc(N(c3ccc4c(c3)-c3ccccc3C43c4ccccc4Oc4cc(Cl)ccc43)c3cc(-c4ccc5ccccc5c4)c4oc5ccccc5c4c3)cc21. The number of hydrogen-bond acceptors (Lipinski definition) is 4. The molecule has 0 radical (unpaired) electrons. The molecular weight excluding hydrogens is 858 g/mol. The van der Waals surface area contributed by atoms with E-state index in [1.807, 2.05) is 30.0 Å². The number of anilines is 3. The summed E-state index contributed by atoms with van der Waals surface area (Å²) in [6.45, 7) is 4.73. The van der Waals surface area contributed by atoms with E-state index in [9.17, 15) is 0 Å². The summed E-state index contributed by atoms with van der Waals surface area (Å²) in [5, 5.41) is 5.19. The van der Waals surface area contributed by atoms with Crippen LogP contribution in [0.4, 0.5) is 17.1 Å². The van der Waals surface area contributed by atoms with Gasteiger partial charge in [-0.3, -0.25) is 0 Å². The van der Waals surface area contributed by atoms with E-state index in [1.165, 1.54) is 53.9 Å². The molecule has 11 aromatic rings. The van der Waals surface area contributed by atoms with E-state index in [0.29, 0.717) is 5.02 Å². The largest absolute Gasteiger partial charge is 0.457 e. The Morgan fingerprint density at radius 1 is 0.448 bits per heavy atom. The van der Waals surface area contributed by atoms with Gasteiger partial charge in [0.05, 0.1) is 5.41 Å². The summed E-state index contributed by atoms with van der Waals surface area (Å²) < 4.78 is 13.5. The lowest BCUT2D eigenvalue weighted by Gasteiger charge is -2.39. The molecule has 3 nitrogen and oxygen atoms in total. The van der Waals surface area contributed by atoms with E-state index in [1.54, 1.807) is 0 Å². The van der Waals surface area contributed by atoms with Crippen LogP contribution in [0.25, 0.3) is 55.0 Å². The normalized spacial score (nSPS) is 15.9. The molecule has 1 spiro atoms. The minimum Gasteiger partial charge on any atom is -0.457 e. The highest BCUT2D eigenvalue weighted by Gasteiger charge is 2.51. The van der Waals surface area contributed by atoms with Crippen molar-refractivity contribution in [3.8, 4) is 33.8 Å². The number of benzene rings is 10. The van der Waals surface area contributed by atoms with Gasteiger partial charge >= 0.3 is 0 Å². The molecule has 3 aliphatic rings. The second-order valence-electron chi connectivity index (χ2n) is 18.5. The molecule has 0 fully saturated rings. The number of nitrogens with zero attached hydrogens (tertiary/aromatic N) is 1. The summed E-state index contributed by atoms with van der Waals surface area (Å²) in [5.74, 6) is 1.61. The molecule has 5 heteroatoms. The Bertz CT molecular complexity index is 3900. The second-order valence-corrected chi connectivity index (χ2v) is 20.1. The monoisotopic (exact) mass is 897 g/mol. The maximum atomic E-state index is 6.82. The van der Waals surface area contributed by atoms with E-state index < -0.39 is 5.41 Å². The standard InChI is InChI=1S/C62H40ClNO2S/c1-61(2)53-19-9-12-22-58(53)67-59-30-27-42(36-54(59)61)64(43-34-46(39-24-23-37-13-3-4-14-38(37)31-39)60-48(35-43)45-16-6-10-20-55(45)66-60)41-26-29-50-47(33-41)44-15-5-7-17-49(44)62(50)51-18-8-11-21-56(51)65-57-32-40(63)25-28-52(57)62/h3-36H,1-2H3. The first kappa shape index (κ1) is 38.7. The summed E-state index contributed by atoms with van der Waals surface area (Å²) in [4.78, 5) is 5.06. The fourth-order valence-electron chi connectivity index (χ4n) is 11.5. The Hall–Kier alpha value is -7.50. The third kappa shape index (κ3) is 5.55. The summed E-state index contributed by atoms with van der Waals surface area (Å²) in [5.41, 5.74) is 15.9. The van der Waals surface area contributed by atoms with Crippen molar-refractivity contribution >= 4 is 73.1 Å². The van der Waals surface area contributed by atoms with Crippen LogP contribution < -0.4 is 9.64 Å². The lowest BCUT2D eigenvalue weighted by atomic mass is 9.66. The molecule has 1 unspecified atom stereocenters. The number of hydrogen-bond donors (Lipinski definition) is 0. The number of halogens is 1. The molecule has 0 amide bonds. The average molecular weight is 899 g/mol.